The van der Waals surface area contributed by atoms with Crippen LogP contribution in [-0.2, 0) is 14.3 Å². The van der Waals surface area contributed by atoms with Crippen molar-refractivity contribution in [1.29, 1.82) is 0 Å². The summed E-state index contributed by atoms with van der Waals surface area (Å²) in [5.74, 6) is -0.00566. The SMILES string of the molecule is CC(=O)[C@H](CC(C)C)N1C(=O)[C@@H](N2C(=O)OC[C@@H]2c2ccccc2)[C@H]1/C=C/c1ccccc1. The minimum atomic E-state index is -0.709. The number of cyclic esters (lactones) is 1. The van der Waals surface area contributed by atoms with Gasteiger partial charge in [-0.05, 0) is 30.4 Å². The van der Waals surface area contributed by atoms with E-state index in [0.717, 1.165) is 11.1 Å². The van der Waals surface area contributed by atoms with Crippen LogP contribution < -0.4 is 0 Å². The first-order chi connectivity index (χ1) is 15.9. The highest BCUT2D eigenvalue weighted by molar-refractivity contribution is 5.98. The van der Waals surface area contributed by atoms with Crippen molar-refractivity contribution in [3.63, 3.8) is 0 Å². The van der Waals surface area contributed by atoms with Gasteiger partial charge in [-0.15, -0.1) is 0 Å². The van der Waals surface area contributed by atoms with Crippen molar-refractivity contribution in [2.75, 3.05) is 6.61 Å². The van der Waals surface area contributed by atoms with Gasteiger partial charge in [-0.25, -0.2) is 4.79 Å². The quantitative estimate of drug-likeness (QED) is 0.561. The normalized spacial score (nSPS) is 23.7. The molecule has 172 valence electrons. The van der Waals surface area contributed by atoms with Crippen LogP contribution in [-0.4, -0.2) is 52.3 Å². The molecule has 0 aliphatic carbocycles. The van der Waals surface area contributed by atoms with Gasteiger partial charge in [-0.3, -0.25) is 14.5 Å². The minimum Gasteiger partial charge on any atom is -0.447 e. The molecule has 33 heavy (non-hydrogen) atoms. The van der Waals surface area contributed by atoms with Crippen molar-refractivity contribution in [3.05, 3.63) is 77.9 Å². The number of carbonyl (C=O) groups is 3. The number of rotatable bonds is 8. The first kappa shape index (κ1) is 22.8. The molecule has 6 heteroatoms. The van der Waals surface area contributed by atoms with Crippen LogP contribution in [0, 0.1) is 5.92 Å². The molecule has 2 aliphatic heterocycles. The lowest BCUT2D eigenvalue weighted by atomic mass is 9.85. The Bertz CT molecular complexity index is 1030. The molecule has 2 aromatic carbocycles. The third-order valence-corrected chi connectivity index (χ3v) is 6.33. The predicted octanol–water partition coefficient (Wildman–Crippen LogP) is 4.48. The van der Waals surface area contributed by atoms with Gasteiger partial charge in [-0.2, -0.15) is 0 Å². The molecule has 2 saturated heterocycles. The van der Waals surface area contributed by atoms with Crippen LogP contribution in [0.2, 0.25) is 0 Å². The second kappa shape index (κ2) is 9.61. The zero-order valence-corrected chi connectivity index (χ0v) is 19.3. The second-order valence-corrected chi connectivity index (χ2v) is 9.12. The molecule has 2 heterocycles. The van der Waals surface area contributed by atoms with Crippen molar-refractivity contribution < 1.29 is 19.1 Å². The standard InChI is InChI=1S/C27H30N2O4/c1-18(2)16-23(19(3)30)28-22(15-14-20-10-6-4-7-11-20)25(26(28)31)29-24(17-33-27(29)32)21-12-8-5-9-13-21/h4-15,18,22-25H,16-17H2,1-3H3/b15-14+/t22-,23+,24-,25+/m1/s1. The Balaban J connectivity index is 1.69. The maximum Gasteiger partial charge on any atom is 0.411 e. The summed E-state index contributed by atoms with van der Waals surface area (Å²) in [7, 11) is 0. The highest BCUT2D eigenvalue weighted by atomic mass is 16.6. The summed E-state index contributed by atoms with van der Waals surface area (Å²) >= 11 is 0. The van der Waals surface area contributed by atoms with Crippen LogP contribution in [0.1, 0.15) is 44.4 Å². The van der Waals surface area contributed by atoms with E-state index in [1.807, 2.05) is 86.7 Å². The van der Waals surface area contributed by atoms with E-state index in [1.54, 1.807) is 9.80 Å². The second-order valence-electron chi connectivity index (χ2n) is 9.12. The average molecular weight is 447 g/mol. The molecule has 0 unspecified atom stereocenters. The van der Waals surface area contributed by atoms with E-state index in [4.69, 9.17) is 4.74 Å². The molecule has 0 spiro atoms. The molecule has 0 N–H and O–H groups in total. The molecule has 4 atom stereocenters. The molecule has 0 radical (unpaired) electrons. The molecule has 0 saturated carbocycles. The average Bonchev–Trinajstić information content (AvgIpc) is 3.17. The monoisotopic (exact) mass is 446 g/mol. The van der Waals surface area contributed by atoms with Crippen LogP contribution in [0.3, 0.4) is 0 Å². The van der Waals surface area contributed by atoms with Crippen LogP contribution in [0.15, 0.2) is 66.7 Å². The molecular weight excluding hydrogens is 416 g/mol. The lowest BCUT2D eigenvalue weighted by Crippen LogP contribution is -2.73. The Kier molecular flexibility index (Phi) is 6.63. The molecule has 2 aliphatic rings. The van der Waals surface area contributed by atoms with Gasteiger partial charge in [0.05, 0.1) is 18.1 Å². The summed E-state index contributed by atoms with van der Waals surface area (Å²) in [4.78, 5) is 42.0. The lowest BCUT2D eigenvalue weighted by Gasteiger charge is -2.52. The van der Waals surface area contributed by atoms with Crippen LogP contribution in [0.25, 0.3) is 6.08 Å². The van der Waals surface area contributed by atoms with Gasteiger partial charge >= 0.3 is 6.09 Å². The number of likely N-dealkylation sites (tertiary alicyclic amines) is 1. The van der Waals surface area contributed by atoms with Gasteiger partial charge in [0.1, 0.15) is 12.6 Å². The number of β-lactam (4-membered cyclic amide) rings is 1. The van der Waals surface area contributed by atoms with Gasteiger partial charge in [0.25, 0.3) is 0 Å². The molecule has 2 fully saturated rings. The van der Waals surface area contributed by atoms with Gasteiger partial charge in [0, 0.05) is 0 Å². The van der Waals surface area contributed by atoms with E-state index in [-0.39, 0.29) is 30.3 Å². The Labute approximate surface area is 194 Å². The van der Waals surface area contributed by atoms with Crippen molar-refractivity contribution in [3.8, 4) is 0 Å². The smallest absolute Gasteiger partial charge is 0.411 e. The van der Waals surface area contributed by atoms with Crippen molar-refractivity contribution >= 4 is 23.9 Å². The Morgan fingerprint density at radius 1 is 1.06 bits per heavy atom. The topological polar surface area (TPSA) is 66.9 Å². The van der Waals surface area contributed by atoms with Crippen LogP contribution >= 0.6 is 0 Å². The molecule has 0 aromatic heterocycles. The number of hydrogen-bond donors (Lipinski definition) is 0. The van der Waals surface area contributed by atoms with Crippen LogP contribution in [0.5, 0.6) is 0 Å². The number of carbonyl (C=O) groups excluding carboxylic acids is 3. The number of hydrogen-bond acceptors (Lipinski definition) is 4. The number of Topliss-reactive ketones (excluding diaryl/α,β-unsaturated/α-hetero) is 1. The Morgan fingerprint density at radius 2 is 1.70 bits per heavy atom. The summed E-state index contributed by atoms with van der Waals surface area (Å²) < 4.78 is 5.38. The number of amides is 2. The van der Waals surface area contributed by atoms with Crippen molar-refractivity contribution in [2.45, 2.75) is 51.4 Å². The molecule has 0 bridgehead atoms. The van der Waals surface area contributed by atoms with E-state index in [9.17, 15) is 14.4 Å². The molecule has 2 amide bonds. The Hall–Kier alpha value is -3.41. The number of ketones is 1. The van der Waals surface area contributed by atoms with E-state index in [0.29, 0.717) is 6.42 Å². The molecular formula is C27H30N2O4. The fraction of sp³-hybridized carbons (Fsp3) is 0.370. The molecule has 6 nitrogen and oxygen atoms in total. The molecule has 4 rings (SSSR count). The summed E-state index contributed by atoms with van der Waals surface area (Å²) in [5.41, 5.74) is 1.91. The summed E-state index contributed by atoms with van der Waals surface area (Å²) in [6, 6.07) is 17.4. The van der Waals surface area contributed by atoms with Gasteiger partial charge in [0.2, 0.25) is 5.91 Å². The maximum absolute atomic E-state index is 13.5. The highest BCUT2D eigenvalue weighted by Gasteiger charge is 2.57. The fourth-order valence-corrected chi connectivity index (χ4v) is 4.73. The van der Waals surface area contributed by atoms with Crippen molar-refractivity contribution in [1.82, 2.24) is 9.80 Å². The van der Waals surface area contributed by atoms with Crippen LogP contribution in [0.4, 0.5) is 4.79 Å². The van der Waals surface area contributed by atoms with Crippen molar-refractivity contribution in [2.24, 2.45) is 5.92 Å². The lowest BCUT2D eigenvalue weighted by molar-refractivity contribution is -0.162. The van der Waals surface area contributed by atoms with Gasteiger partial charge in [-0.1, -0.05) is 86.7 Å². The number of ether oxygens (including phenoxy) is 1. The fourth-order valence-electron chi connectivity index (χ4n) is 4.73. The van der Waals surface area contributed by atoms with E-state index >= 15 is 0 Å². The summed E-state index contributed by atoms with van der Waals surface area (Å²) in [5, 5.41) is 0. The van der Waals surface area contributed by atoms with Gasteiger partial charge in [0.15, 0.2) is 5.78 Å². The largest absolute Gasteiger partial charge is 0.447 e. The highest BCUT2D eigenvalue weighted by Crippen LogP contribution is 2.39. The Morgan fingerprint density at radius 3 is 2.30 bits per heavy atom. The first-order valence-electron chi connectivity index (χ1n) is 11.4. The predicted molar refractivity (Wildman–Crippen MR) is 126 cm³/mol. The third-order valence-electron chi connectivity index (χ3n) is 6.33. The number of benzene rings is 2. The summed E-state index contributed by atoms with van der Waals surface area (Å²) in [6.45, 7) is 5.80. The number of nitrogens with zero attached hydrogens (tertiary/aromatic N) is 2. The third kappa shape index (κ3) is 4.56. The van der Waals surface area contributed by atoms with E-state index in [2.05, 4.69) is 0 Å². The van der Waals surface area contributed by atoms with Gasteiger partial charge < -0.3 is 9.64 Å². The minimum absolute atomic E-state index is 0.0442. The maximum atomic E-state index is 13.5. The zero-order chi connectivity index (χ0) is 23.5. The zero-order valence-electron chi connectivity index (χ0n) is 19.3. The van der Waals surface area contributed by atoms with E-state index < -0.39 is 24.2 Å². The first-order valence-corrected chi connectivity index (χ1v) is 11.4. The summed E-state index contributed by atoms with van der Waals surface area (Å²) in [6.07, 6.45) is 3.97. The van der Waals surface area contributed by atoms with E-state index in [1.165, 1.54) is 6.92 Å². The molecule has 2 aromatic rings.